The molecule has 0 aromatic heterocycles. The largest absolute Gasteiger partial charge is 0.329 e. The van der Waals surface area contributed by atoms with Gasteiger partial charge in [0.15, 0.2) is 0 Å². The van der Waals surface area contributed by atoms with Gasteiger partial charge >= 0.3 is 0 Å². The quantitative estimate of drug-likeness (QED) is 0.891. The van der Waals surface area contributed by atoms with Crippen LogP contribution in [0.25, 0.3) is 0 Å². The first-order valence-corrected chi connectivity index (χ1v) is 7.87. The molecule has 2 atom stereocenters. The summed E-state index contributed by atoms with van der Waals surface area (Å²) in [5, 5.41) is 0. The molecule has 1 saturated heterocycles. The van der Waals surface area contributed by atoms with Gasteiger partial charge in [-0.3, -0.25) is 4.90 Å². The van der Waals surface area contributed by atoms with E-state index < -0.39 is 0 Å². The third kappa shape index (κ3) is 3.58. The molecule has 0 bridgehead atoms. The van der Waals surface area contributed by atoms with Crippen molar-refractivity contribution in [2.45, 2.75) is 24.9 Å². The molecule has 0 saturated carbocycles. The second-order valence-electron chi connectivity index (χ2n) is 5.71. The van der Waals surface area contributed by atoms with Gasteiger partial charge in [0.05, 0.1) is 0 Å². The Hall–Kier alpha value is -0.490. The molecule has 0 amide bonds. The van der Waals surface area contributed by atoms with E-state index in [0.717, 1.165) is 23.1 Å². The molecule has 0 aliphatic carbocycles. The minimum Gasteiger partial charge on any atom is -0.329 e. The molecule has 1 aromatic carbocycles. The molecule has 1 aliphatic rings. The standard InChI is InChI=1S/C15H23BrFN3/c1-19(2)10-12-4-3-7-20(12)15(9-18)13-8-11(17)5-6-14(13)16/h5-6,8,12,15H,3-4,7,9-10,18H2,1-2H3. The molecule has 1 fully saturated rings. The van der Waals surface area contributed by atoms with Gasteiger partial charge in [0, 0.05) is 29.6 Å². The fourth-order valence-electron chi connectivity index (χ4n) is 3.10. The SMILES string of the molecule is CN(C)CC1CCCN1C(CN)c1cc(F)ccc1Br. The van der Waals surface area contributed by atoms with E-state index in [-0.39, 0.29) is 11.9 Å². The minimum atomic E-state index is -0.204. The van der Waals surface area contributed by atoms with Crippen molar-refractivity contribution in [3.63, 3.8) is 0 Å². The topological polar surface area (TPSA) is 32.5 Å². The molecule has 2 N–H and O–H groups in total. The van der Waals surface area contributed by atoms with E-state index in [1.54, 1.807) is 12.1 Å². The third-order valence-corrected chi connectivity index (χ3v) is 4.66. The van der Waals surface area contributed by atoms with Crippen molar-refractivity contribution in [2.24, 2.45) is 5.73 Å². The van der Waals surface area contributed by atoms with Crippen molar-refractivity contribution in [3.8, 4) is 0 Å². The molecule has 5 heteroatoms. The van der Waals surface area contributed by atoms with Gasteiger partial charge in [0.2, 0.25) is 0 Å². The van der Waals surface area contributed by atoms with Crippen molar-refractivity contribution in [3.05, 3.63) is 34.1 Å². The highest BCUT2D eigenvalue weighted by molar-refractivity contribution is 9.10. The Morgan fingerprint density at radius 3 is 2.90 bits per heavy atom. The maximum absolute atomic E-state index is 13.5. The molecule has 2 unspecified atom stereocenters. The fraction of sp³-hybridized carbons (Fsp3) is 0.600. The summed E-state index contributed by atoms with van der Waals surface area (Å²) in [5.41, 5.74) is 6.95. The number of nitrogens with two attached hydrogens (primary N) is 1. The minimum absolute atomic E-state index is 0.0764. The highest BCUT2D eigenvalue weighted by atomic mass is 79.9. The predicted molar refractivity (Wildman–Crippen MR) is 84.2 cm³/mol. The molecule has 0 spiro atoms. The smallest absolute Gasteiger partial charge is 0.123 e. The van der Waals surface area contributed by atoms with Gasteiger partial charge in [-0.1, -0.05) is 15.9 Å². The average molecular weight is 344 g/mol. The number of nitrogens with zero attached hydrogens (tertiary/aromatic N) is 2. The Morgan fingerprint density at radius 1 is 1.50 bits per heavy atom. The van der Waals surface area contributed by atoms with Crippen LogP contribution < -0.4 is 5.73 Å². The molecule has 1 aromatic rings. The first-order valence-electron chi connectivity index (χ1n) is 7.08. The second kappa shape index (κ2) is 6.98. The van der Waals surface area contributed by atoms with Crippen LogP contribution >= 0.6 is 15.9 Å². The first kappa shape index (κ1) is 15.9. The van der Waals surface area contributed by atoms with Crippen LogP contribution in [0.2, 0.25) is 0 Å². The highest BCUT2D eigenvalue weighted by Gasteiger charge is 2.32. The number of likely N-dealkylation sites (N-methyl/N-ethyl adjacent to an activating group) is 1. The van der Waals surface area contributed by atoms with E-state index >= 15 is 0 Å². The van der Waals surface area contributed by atoms with Crippen LogP contribution in [-0.4, -0.2) is 49.6 Å². The van der Waals surface area contributed by atoms with Crippen molar-refractivity contribution >= 4 is 15.9 Å². The third-order valence-electron chi connectivity index (χ3n) is 3.94. The van der Waals surface area contributed by atoms with Gasteiger partial charge in [0.25, 0.3) is 0 Å². The number of hydrogen-bond acceptors (Lipinski definition) is 3. The molecule has 1 heterocycles. The molecule has 1 aliphatic heterocycles. The number of hydrogen-bond donors (Lipinski definition) is 1. The van der Waals surface area contributed by atoms with Gasteiger partial charge in [-0.15, -0.1) is 0 Å². The Labute approximate surface area is 129 Å². The zero-order valence-electron chi connectivity index (χ0n) is 12.1. The lowest BCUT2D eigenvalue weighted by molar-refractivity contribution is 0.155. The molecule has 2 rings (SSSR count). The lowest BCUT2D eigenvalue weighted by Gasteiger charge is -2.34. The summed E-state index contributed by atoms with van der Waals surface area (Å²) in [6, 6.07) is 5.42. The molecule has 112 valence electrons. The number of benzene rings is 1. The van der Waals surface area contributed by atoms with Gasteiger partial charge in [0.1, 0.15) is 5.82 Å². The normalized spacial score (nSPS) is 21.6. The van der Waals surface area contributed by atoms with Crippen molar-refractivity contribution < 1.29 is 4.39 Å². The van der Waals surface area contributed by atoms with E-state index in [1.165, 1.54) is 18.9 Å². The van der Waals surface area contributed by atoms with Crippen molar-refractivity contribution in [2.75, 3.05) is 33.7 Å². The van der Waals surface area contributed by atoms with E-state index in [9.17, 15) is 4.39 Å². The van der Waals surface area contributed by atoms with E-state index in [1.807, 2.05) is 0 Å². The van der Waals surface area contributed by atoms with Gasteiger partial charge in [-0.05, 0) is 57.2 Å². The zero-order valence-corrected chi connectivity index (χ0v) is 13.7. The molecule has 0 radical (unpaired) electrons. The highest BCUT2D eigenvalue weighted by Crippen LogP contribution is 2.33. The number of rotatable bonds is 5. The number of halogens is 2. The summed E-state index contributed by atoms with van der Waals surface area (Å²) >= 11 is 3.53. The fourth-order valence-corrected chi connectivity index (χ4v) is 3.61. The monoisotopic (exact) mass is 343 g/mol. The second-order valence-corrected chi connectivity index (χ2v) is 6.57. The maximum Gasteiger partial charge on any atom is 0.123 e. The average Bonchev–Trinajstić information content (AvgIpc) is 2.82. The molecular formula is C15H23BrFN3. The van der Waals surface area contributed by atoms with Gasteiger partial charge in [-0.2, -0.15) is 0 Å². The summed E-state index contributed by atoms with van der Waals surface area (Å²) in [4.78, 5) is 4.64. The predicted octanol–water partition coefficient (Wildman–Crippen LogP) is 2.61. The summed E-state index contributed by atoms with van der Waals surface area (Å²) in [6.45, 7) is 2.55. The van der Waals surface area contributed by atoms with Crippen LogP contribution in [0.1, 0.15) is 24.4 Å². The lowest BCUT2D eigenvalue weighted by Crippen LogP contribution is -2.42. The van der Waals surface area contributed by atoms with Crippen LogP contribution in [0.5, 0.6) is 0 Å². The van der Waals surface area contributed by atoms with E-state index in [0.29, 0.717) is 12.6 Å². The van der Waals surface area contributed by atoms with Crippen LogP contribution in [0.15, 0.2) is 22.7 Å². The maximum atomic E-state index is 13.5. The Kier molecular flexibility index (Phi) is 5.55. The van der Waals surface area contributed by atoms with Gasteiger partial charge < -0.3 is 10.6 Å². The Morgan fingerprint density at radius 2 is 2.25 bits per heavy atom. The first-order chi connectivity index (χ1) is 9.52. The number of likely N-dealkylation sites (tertiary alicyclic amines) is 1. The van der Waals surface area contributed by atoms with Crippen LogP contribution in [0, 0.1) is 5.82 Å². The molecule has 20 heavy (non-hydrogen) atoms. The molecule has 3 nitrogen and oxygen atoms in total. The van der Waals surface area contributed by atoms with Crippen LogP contribution in [0.4, 0.5) is 4.39 Å². The Bertz CT molecular complexity index is 453. The zero-order chi connectivity index (χ0) is 14.7. The summed E-state index contributed by atoms with van der Waals surface area (Å²) in [5.74, 6) is -0.204. The van der Waals surface area contributed by atoms with Crippen molar-refractivity contribution in [1.29, 1.82) is 0 Å². The van der Waals surface area contributed by atoms with E-state index in [4.69, 9.17) is 5.73 Å². The van der Waals surface area contributed by atoms with E-state index in [2.05, 4.69) is 39.8 Å². The Balaban J connectivity index is 2.24. The molecular weight excluding hydrogens is 321 g/mol. The van der Waals surface area contributed by atoms with Crippen LogP contribution in [0.3, 0.4) is 0 Å². The van der Waals surface area contributed by atoms with Gasteiger partial charge in [-0.25, -0.2) is 4.39 Å². The van der Waals surface area contributed by atoms with Crippen LogP contribution in [-0.2, 0) is 0 Å². The lowest BCUT2D eigenvalue weighted by atomic mass is 10.0. The van der Waals surface area contributed by atoms with Crippen molar-refractivity contribution in [1.82, 2.24) is 9.80 Å². The summed E-state index contributed by atoms with van der Waals surface area (Å²) in [7, 11) is 4.18. The summed E-state index contributed by atoms with van der Waals surface area (Å²) < 4.78 is 14.5. The summed E-state index contributed by atoms with van der Waals surface area (Å²) in [6.07, 6.45) is 2.36.